The Balaban J connectivity index is 1.55. The summed E-state index contributed by atoms with van der Waals surface area (Å²) in [5, 5.41) is 0. The summed E-state index contributed by atoms with van der Waals surface area (Å²) < 4.78 is 6.38. The Hall–Kier alpha value is -2.42. The Morgan fingerprint density at radius 3 is 2.61 bits per heavy atom. The van der Waals surface area contributed by atoms with Crippen LogP contribution in [0.5, 0.6) is 5.75 Å². The molecule has 0 N–H and O–H groups in total. The van der Waals surface area contributed by atoms with Gasteiger partial charge in [0.25, 0.3) is 0 Å². The number of Topliss-reactive ketones (excluding diaryl/α,β-unsaturated/α-hetero) is 2. The molecule has 3 aliphatic carbocycles. The van der Waals surface area contributed by atoms with Gasteiger partial charge >= 0.3 is 0 Å². The zero-order valence-corrected chi connectivity index (χ0v) is 20.3. The molecule has 4 atom stereocenters. The highest BCUT2D eigenvalue weighted by Crippen LogP contribution is 2.60. The van der Waals surface area contributed by atoms with Gasteiger partial charge in [0, 0.05) is 18.3 Å². The van der Waals surface area contributed by atoms with Crippen LogP contribution in [0.25, 0.3) is 0 Å². The Kier molecular flexibility index (Phi) is 5.93. The fraction of sp³-hybridized carbons (Fsp3) is 0.533. The summed E-state index contributed by atoms with van der Waals surface area (Å²) in [5.74, 6) is 3.19. The van der Waals surface area contributed by atoms with Crippen LogP contribution in [-0.4, -0.2) is 11.6 Å². The van der Waals surface area contributed by atoms with Crippen LogP contribution in [-0.2, 0) is 35.5 Å². The van der Waals surface area contributed by atoms with E-state index in [-0.39, 0.29) is 11.2 Å². The van der Waals surface area contributed by atoms with E-state index >= 15 is 0 Å². The highest BCUT2D eigenvalue weighted by Gasteiger charge is 2.55. The summed E-state index contributed by atoms with van der Waals surface area (Å²) in [6.45, 7) is 6.65. The van der Waals surface area contributed by atoms with Crippen LogP contribution in [0, 0.1) is 17.3 Å². The van der Waals surface area contributed by atoms with Gasteiger partial charge in [-0.05, 0) is 97.1 Å². The second-order valence-corrected chi connectivity index (χ2v) is 10.7. The van der Waals surface area contributed by atoms with E-state index in [1.807, 2.05) is 18.2 Å². The smallest absolute Gasteiger partial charge is 0.139 e. The van der Waals surface area contributed by atoms with E-state index in [1.165, 1.54) is 22.3 Å². The maximum absolute atomic E-state index is 12.7. The quantitative estimate of drug-likeness (QED) is 0.519. The second-order valence-electron chi connectivity index (χ2n) is 10.7. The number of ketones is 2. The number of ether oxygens (including phenoxy) is 1. The fourth-order valence-corrected chi connectivity index (χ4v) is 7.34. The molecule has 0 aliphatic heterocycles. The van der Waals surface area contributed by atoms with E-state index < -0.39 is 0 Å². The predicted octanol–water partition coefficient (Wildman–Crippen LogP) is 6.38. The first-order valence-electron chi connectivity index (χ1n) is 12.8. The van der Waals surface area contributed by atoms with Gasteiger partial charge in [-0.3, -0.25) is 9.59 Å². The molecule has 33 heavy (non-hydrogen) atoms. The SMILES string of the molecule is CCc1c(OCc2ccccc2)cc2c(c1CC(C)=O)[C@H]1CC[C@]3(C)C(=O)CC[C@H]3[C@@H]1CC2. The van der Waals surface area contributed by atoms with Crippen molar-refractivity contribution in [2.75, 3.05) is 0 Å². The molecular formula is C30H36O3. The van der Waals surface area contributed by atoms with Gasteiger partial charge in [-0.2, -0.15) is 0 Å². The molecule has 2 saturated carbocycles. The van der Waals surface area contributed by atoms with Crippen LogP contribution in [0.1, 0.15) is 86.6 Å². The summed E-state index contributed by atoms with van der Waals surface area (Å²) in [5.41, 5.74) is 6.28. The van der Waals surface area contributed by atoms with Crippen molar-refractivity contribution in [1.82, 2.24) is 0 Å². The van der Waals surface area contributed by atoms with Crippen LogP contribution in [0.2, 0.25) is 0 Å². The van der Waals surface area contributed by atoms with Crippen molar-refractivity contribution in [3.63, 3.8) is 0 Å². The minimum atomic E-state index is -0.119. The summed E-state index contributed by atoms with van der Waals surface area (Å²) >= 11 is 0. The van der Waals surface area contributed by atoms with Crippen molar-refractivity contribution in [2.45, 2.75) is 84.7 Å². The van der Waals surface area contributed by atoms with Gasteiger partial charge in [0.2, 0.25) is 0 Å². The molecule has 0 heterocycles. The van der Waals surface area contributed by atoms with Crippen LogP contribution < -0.4 is 4.74 Å². The number of aryl methyl sites for hydroxylation is 1. The van der Waals surface area contributed by atoms with Crippen LogP contribution in [0.4, 0.5) is 0 Å². The molecule has 0 amide bonds. The molecule has 0 saturated heterocycles. The summed E-state index contributed by atoms with van der Waals surface area (Å²) in [4.78, 5) is 25.1. The summed E-state index contributed by atoms with van der Waals surface area (Å²) in [6.07, 6.45) is 7.37. The molecule has 0 radical (unpaired) electrons. The minimum absolute atomic E-state index is 0.119. The molecule has 0 bridgehead atoms. The van der Waals surface area contributed by atoms with E-state index in [9.17, 15) is 9.59 Å². The third-order valence-electron chi connectivity index (χ3n) is 8.92. The molecule has 0 spiro atoms. The van der Waals surface area contributed by atoms with E-state index in [0.717, 1.165) is 56.3 Å². The third kappa shape index (κ3) is 3.84. The Morgan fingerprint density at radius 1 is 1.09 bits per heavy atom. The lowest BCUT2D eigenvalue weighted by Crippen LogP contribution is -2.43. The topological polar surface area (TPSA) is 43.4 Å². The molecule has 3 nitrogen and oxygen atoms in total. The van der Waals surface area contributed by atoms with Gasteiger partial charge in [0.05, 0.1) is 0 Å². The minimum Gasteiger partial charge on any atom is -0.489 e. The second kappa shape index (κ2) is 8.74. The standard InChI is InChI=1S/C30H36O3/c1-4-22-25(16-19(2)31)29-21(17-27(22)33-18-20-8-6-5-7-9-20)10-11-23-24(29)14-15-30(3)26(23)12-13-28(30)32/h5-9,17,23-24,26H,4,10-16,18H2,1-3H3/t23-,24+,26+,30+/m1/s1. The van der Waals surface area contributed by atoms with E-state index in [0.29, 0.717) is 36.6 Å². The molecule has 3 aliphatic rings. The summed E-state index contributed by atoms with van der Waals surface area (Å²) in [7, 11) is 0. The highest BCUT2D eigenvalue weighted by molar-refractivity contribution is 5.87. The number of rotatable bonds is 6. The van der Waals surface area contributed by atoms with Crippen LogP contribution in [0.15, 0.2) is 36.4 Å². The lowest BCUT2D eigenvalue weighted by molar-refractivity contribution is -0.129. The predicted molar refractivity (Wildman–Crippen MR) is 131 cm³/mol. The number of fused-ring (bicyclic) bond motifs is 5. The van der Waals surface area contributed by atoms with Gasteiger partial charge in [-0.25, -0.2) is 0 Å². The highest BCUT2D eigenvalue weighted by atomic mass is 16.5. The van der Waals surface area contributed by atoms with Crippen molar-refractivity contribution in [2.24, 2.45) is 17.3 Å². The third-order valence-corrected chi connectivity index (χ3v) is 8.92. The molecular weight excluding hydrogens is 408 g/mol. The van der Waals surface area contributed by atoms with Crippen molar-refractivity contribution >= 4 is 11.6 Å². The van der Waals surface area contributed by atoms with Gasteiger partial charge in [-0.15, -0.1) is 0 Å². The zero-order valence-electron chi connectivity index (χ0n) is 20.3. The number of hydrogen-bond acceptors (Lipinski definition) is 3. The normalized spacial score (nSPS) is 28.1. The zero-order chi connectivity index (χ0) is 23.2. The van der Waals surface area contributed by atoms with E-state index in [1.54, 1.807) is 6.92 Å². The Bertz CT molecular complexity index is 1070. The lowest BCUT2D eigenvalue weighted by atomic mass is 9.55. The van der Waals surface area contributed by atoms with Crippen molar-refractivity contribution < 1.29 is 14.3 Å². The number of carbonyl (C=O) groups excluding carboxylic acids is 2. The van der Waals surface area contributed by atoms with Crippen LogP contribution >= 0.6 is 0 Å². The fourth-order valence-electron chi connectivity index (χ4n) is 7.34. The average molecular weight is 445 g/mol. The molecule has 3 heteroatoms. The van der Waals surface area contributed by atoms with E-state index in [4.69, 9.17) is 4.74 Å². The van der Waals surface area contributed by atoms with Crippen molar-refractivity contribution in [3.8, 4) is 5.75 Å². The average Bonchev–Trinajstić information content (AvgIpc) is 3.12. The van der Waals surface area contributed by atoms with Crippen molar-refractivity contribution in [1.29, 1.82) is 0 Å². The Labute approximate surface area is 197 Å². The molecule has 174 valence electrons. The Morgan fingerprint density at radius 2 is 1.88 bits per heavy atom. The van der Waals surface area contributed by atoms with Crippen LogP contribution in [0.3, 0.4) is 0 Å². The number of hydrogen-bond donors (Lipinski definition) is 0. The molecule has 0 aromatic heterocycles. The number of carbonyl (C=O) groups is 2. The first kappa shape index (κ1) is 22.4. The van der Waals surface area contributed by atoms with Gasteiger partial charge in [0.15, 0.2) is 0 Å². The largest absolute Gasteiger partial charge is 0.489 e. The molecule has 2 fully saturated rings. The number of benzene rings is 2. The summed E-state index contributed by atoms with van der Waals surface area (Å²) in [6, 6.07) is 12.6. The molecule has 5 rings (SSSR count). The first-order chi connectivity index (χ1) is 15.9. The van der Waals surface area contributed by atoms with E-state index in [2.05, 4.69) is 32.0 Å². The molecule has 2 aromatic carbocycles. The maximum Gasteiger partial charge on any atom is 0.139 e. The van der Waals surface area contributed by atoms with Gasteiger partial charge in [0.1, 0.15) is 23.9 Å². The monoisotopic (exact) mass is 444 g/mol. The molecule has 2 aromatic rings. The lowest BCUT2D eigenvalue weighted by Gasteiger charge is -2.49. The first-order valence-corrected chi connectivity index (χ1v) is 12.8. The van der Waals surface area contributed by atoms with Gasteiger partial charge < -0.3 is 4.74 Å². The maximum atomic E-state index is 12.7. The van der Waals surface area contributed by atoms with Crippen molar-refractivity contribution in [3.05, 3.63) is 64.2 Å². The van der Waals surface area contributed by atoms with Gasteiger partial charge in [-0.1, -0.05) is 44.2 Å². The molecule has 0 unspecified atom stereocenters.